The van der Waals surface area contributed by atoms with Gasteiger partial charge in [0.05, 0.1) is 5.69 Å². The van der Waals surface area contributed by atoms with E-state index in [1.807, 2.05) is 11.3 Å². The van der Waals surface area contributed by atoms with Crippen molar-refractivity contribution in [3.63, 3.8) is 0 Å². The number of thiophene rings is 1. The molecule has 0 radical (unpaired) electrons. The van der Waals surface area contributed by atoms with Gasteiger partial charge in [-0.25, -0.2) is 0 Å². The van der Waals surface area contributed by atoms with Gasteiger partial charge in [-0.15, -0.1) is 11.3 Å². The van der Waals surface area contributed by atoms with Crippen molar-refractivity contribution in [2.75, 3.05) is 4.90 Å². The van der Waals surface area contributed by atoms with Crippen LogP contribution in [-0.4, -0.2) is 0 Å². The summed E-state index contributed by atoms with van der Waals surface area (Å²) in [5.74, 6) is 0. The molecule has 0 atom stereocenters. The fraction of sp³-hybridized carbons (Fsp3) is 0.0545. The third-order valence-electron chi connectivity index (χ3n) is 12.1. The van der Waals surface area contributed by atoms with Crippen LogP contribution in [0.1, 0.15) is 25.0 Å². The SMILES string of the molecule is CC1(C)c2ccccc2-c2c(-c3ccccc3N(c3ccc(-c4cccc5ccccc45)cc3)c3cccc(-c4cccc5c4sc4ccccc45)c3)cccc21. The molecule has 1 aliphatic carbocycles. The third-order valence-corrected chi connectivity index (χ3v) is 13.3. The van der Waals surface area contributed by atoms with Crippen molar-refractivity contribution in [2.45, 2.75) is 19.3 Å². The Bertz CT molecular complexity index is 3160. The number of rotatable bonds is 6. The van der Waals surface area contributed by atoms with Crippen LogP contribution in [0, 0.1) is 0 Å². The van der Waals surface area contributed by atoms with E-state index in [9.17, 15) is 0 Å². The zero-order valence-electron chi connectivity index (χ0n) is 31.9. The van der Waals surface area contributed by atoms with E-state index in [-0.39, 0.29) is 5.41 Å². The summed E-state index contributed by atoms with van der Waals surface area (Å²) in [7, 11) is 0. The Balaban J connectivity index is 1.12. The molecule has 1 aromatic heterocycles. The molecular formula is C55H39NS. The Hall–Kier alpha value is -6.74. The lowest BCUT2D eigenvalue weighted by molar-refractivity contribution is 0.660. The van der Waals surface area contributed by atoms with Crippen molar-refractivity contribution in [3.8, 4) is 44.5 Å². The van der Waals surface area contributed by atoms with Gasteiger partial charge in [0.15, 0.2) is 0 Å². The van der Waals surface area contributed by atoms with Crippen LogP contribution < -0.4 is 4.90 Å². The van der Waals surface area contributed by atoms with Crippen LogP contribution in [0.4, 0.5) is 17.1 Å². The Labute approximate surface area is 337 Å². The fourth-order valence-electron chi connectivity index (χ4n) is 9.36. The molecule has 0 saturated carbocycles. The van der Waals surface area contributed by atoms with Crippen LogP contribution in [0.15, 0.2) is 200 Å². The maximum atomic E-state index is 2.46. The molecule has 0 unspecified atom stereocenters. The van der Waals surface area contributed by atoms with Gasteiger partial charge in [-0.3, -0.25) is 0 Å². The van der Waals surface area contributed by atoms with Gasteiger partial charge in [0, 0.05) is 42.5 Å². The van der Waals surface area contributed by atoms with Gasteiger partial charge in [-0.05, 0) is 97.2 Å². The summed E-state index contributed by atoms with van der Waals surface area (Å²) in [4.78, 5) is 2.46. The van der Waals surface area contributed by atoms with Crippen molar-refractivity contribution in [1.29, 1.82) is 0 Å². The first kappa shape index (κ1) is 33.6. The Morgan fingerprint density at radius 2 is 1.02 bits per heavy atom. The monoisotopic (exact) mass is 745 g/mol. The van der Waals surface area contributed by atoms with Crippen LogP contribution in [0.5, 0.6) is 0 Å². The molecule has 0 bridgehead atoms. The van der Waals surface area contributed by atoms with E-state index in [4.69, 9.17) is 0 Å². The highest BCUT2D eigenvalue weighted by atomic mass is 32.1. The summed E-state index contributed by atoms with van der Waals surface area (Å²) in [5.41, 5.74) is 16.1. The van der Waals surface area contributed by atoms with E-state index in [0.717, 1.165) is 17.1 Å². The average molecular weight is 746 g/mol. The molecule has 0 amide bonds. The third kappa shape index (κ3) is 5.36. The molecule has 2 heteroatoms. The van der Waals surface area contributed by atoms with E-state index in [0.29, 0.717) is 0 Å². The predicted octanol–water partition coefficient (Wildman–Crippen LogP) is 16.0. The van der Waals surface area contributed by atoms with Gasteiger partial charge in [0.25, 0.3) is 0 Å². The lowest BCUT2D eigenvalue weighted by Crippen LogP contribution is -2.14. The van der Waals surface area contributed by atoms with Crippen molar-refractivity contribution in [2.24, 2.45) is 0 Å². The number of fused-ring (bicyclic) bond motifs is 7. The maximum absolute atomic E-state index is 2.46. The van der Waals surface area contributed by atoms with E-state index in [1.54, 1.807) is 0 Å². The molecule has 0 aliphatic heterocycles. The van der Waals surface area contributed by atoms with Gasteiger partial charge in [0.1, 0.15) is 0 Å². The largest absolute Gasteiger partial charge is 0.310 e. The second-order valence-corrected chi connectivity index (χ2v) is 16.7. The summed E-state index contributed by atoms with van der Waals surface area (Å²) >= 11 is 1.88. The molecular weight excluding hydrogens is 707 g/mol. The zero-order valence-corrected chi connectivity index (χ0v) is 32.7. The zero-order chi connectivity index (χ0) is 38.1. The van der Waals surface area contributed by atoms with Gasteiger partial charge >= 0.3 is 0 Å². The minimum Gasteiger partial charge on any atom is -0.310 e. The lowest BCUT2D eigenvalue weighted by Gasteiger charge is -2.29. The number of hydrogen-bond acceptors (Lipinski definition) is 2. The highest BCUT2D eigenvalue weighted by molar-refractivity contribution is 7.26. The minimum absolute atomic E-state index is 0.0873. The van der Waals surface area contributed by atoms with E-state index in [1.165, 1.54) is 86.6 Å². The van der Waals surface area contributed by atoms with Crippen LogP contribution >= 0.6 is 11.3 Å². The molecule has 0 fully saturated rings. The lowest BCUT2D eigenvalue weighted by atomic mass is 9.82. The number of nitrogens with zero attached hydrogens (tertiary/aromatic N) is 1. The minimum atomic E-state index is -0.0873. The second kappa shape index (κ2) is 13.2. The first-order chi connectivity index (χ1) is 28.0. The number of anilines is 3. The molecule has 0 spiro atoms. The summed E-state index contributed by atoms with van der Waals surface area (Å²) in [6.45, 7) is 4.72. The quantitative estimate of drug-likeness (QED) is 0.164. The van der Waals surface area contributed by atoms with Crippen LogP contribution in [0.25, 0.3) is 75.5 Å². The average Bonchev–Trinajstić information content (AvgIpc) is 3.76. The van der Waals surface area contributed by atoms with Gasteiger partial charge < -0.3 is 4.90 Å². The van der Waals surface area contributed by atoms with Crippen molar-refractivity contribution >= 4 is 59.3 Å². The number of para-hydroxylation sites is 1. The Morgan fingerprint density at radius 3 is 1.91 bits per heavy atom. The summed E-state index contributed by atoms with van der Waals surface area (Å²) in [6, 6.07) is 73.8. The van der Waals surface area contributed by atoms with Crippen LogP contribution in [-0.2, 0) is 5.41 Å². The molecule has 1 aliphatic rings. The van der Waals surface area contributed by atoms with Crippen LogP contribution in [0.3, 0.4) is 0 Å². The summed E-state index contributed by atoms with van der Waals surface area (Å²) in [6.07, 6.45) is 0. The molecule has 0 N–H and O–H groups in total. The molecule has 0 saturated heterocycles. The topological polar surface area (TPSA) is 3.24 Å². The normalized spacial score (nSPS) is 12.9. The molecule has 1 heterocycles. The maximum Gasteiger partial charge on any atom is 0.0540 e. The first-order valence-electron chi connectivity index (χ1n) is 19.8. The highest BCUT2D eigenvalue weighted by Crippen LogP contribution is 2.54. The van der Waals surface area contributed by atoms with E-state index in [2.05, 4.69) is 219 Å². The van der Waals surface area contributed by atoms with Crippen molar-refractivity contribution in [1.82, 2.24) is 0 Å². The smallest absolute Gasteiger partial charge is 0.0540 e. The Morgan fingerprint density at radius 1 is 0.404 bits per heavy atom. The summed E-state index contributed by atoms with van der Waals surface area (Å²) in [5, 5.41) is 5.14. The fourth-order valence-corrected chi connectivity index (χ4v) is 10.6. The second-order valence-electron chi connectivity index (χ2n) is 15.7. The molecule has 270 valence electrons. The molecule has 9 aromatic carbocycles. The van der Waals surface area contributed by atoms with Gasteiger partial charge in [0.2, 0.25) is 0 Å². The van der Waals surface area contributed by atoms with Crippen molar-refractivity contribution < 1.29 is 0 Å². The highest BCUT2D eigenvalue weighted by Gasteiger charge is 2.37. The number of hydrogen-bond donors (Lipinski definition) is 0. The molecule has 11 rings (SSSR count). The van der Waals surface area contributed by atoms with E-state index >= 15 is 0 Å². The molecule has 10 aromatic rings. The Kier molecular flexibility index (Phi) is 7.77. The predicted molar refractivity (Wildman–Crippen MR) is 245 cm³/mol. The summed E-state index contributed by atoms with van der Waals surface area (Å²) < 4.78 is 2.64. The number of benzene rings is 9. The van der Waals surface area contributed by atoms with Gasteiger partial charge in [-0.1, -0.05) is 178 Å². The first-order valence-corrected chi connectivity index (χ1v) is 20.6. The van der Waals surface area contributed by atoms with Gasteiger partial charge in [-0.2, -0.15) is 0 Å². The molecule has 57 heavy (non-hydrogen) atoms. The molecule has 1 nitrogen and oxygen atoms in total. The van der Waals surface area contributed by atoms with Crippen molar-refractivity contribution in [3.05, 3.63) is 211 Å². The van der Waals surface area contributed by atoms with Crippen LogP contribution in [0.2, 0.25) is 0 Å². The standard InChI is InChI=1S/C55H39NS/c1-55(2)49-27-8-5-22-48(49)53-46(25-14-28-50(53)55)44-20-6-9-29-51(44)56(39-33-31-37(32-34-39)42-23-12-16-36-15-3-4-19-41(36)42)40-18-11-17-38(35-40)43-24-13-26-47-45-21-7-10-30-52(45)57-54(43)47/h3-35H,1-2H3. The van der Waals surface area contributed by atoms with E-state index < -0.39 is 0 Å².